The van der Waals surface area contributed by atoms with Crippen molar-refractivity contribution in [3.05, 3.63) is 64.7 Å². The van der Waals surface area contributed by atoms with Crippen LogP contribution in [0.4, 0.5) is 0 Å². The van der Waals surface area contributed by atoms with Gasteiger partial charge in [0.05, 0.1) is 5.56 Å². The zero-order chi connectivity index (χ0) is 13.5. The predicted octanol–water partition coefficient (Wildman–Crippen LogP) is 3.26. The number of aliphatic hydroxyl groups excluding tert-OH is 1. The fraction of sp³-hybridized carbons (Fsp3) is 0.125. The van der Waals surface area contributed by atoms with Gasteiger partial charge in [-0.15, -0.1) is 0 Å². The molecule has 0 fully saturated rings. The number of aliphatic hydroxyl groups is 1. The number of halogens is 1. The molecule has 0 aliphatic rings. The Morgan fingerprint density at radius 1 is 1.05 bits per heavy atom. The van der Waals surface area contributed by atoms with Gasteiger partial charge in [0.1, 0.15) is 19.0 Å². The highest BCUT2D eigenvalue weighted by molar-refractivity contribution is 6.31. The normalized spacial score (nSPS) is 9.58. The largest absolute Gasteiger partial charge is 0.488 e. The van der Waals surface area contributed by atoms with E-state index in [1.54, 1.807) is 0 Å². The second kappa shape index (κ2) is 6.84. The second-order valence-electron chi connectivity index (χ2n) is 3.84. The monoisotopic (exact) mass is 272 g/mol. The summed E-state index contributed by atoms with van der Waals surface area (Å²) in [6.07, 6.45) is 0. The molecule has 0 aliphatic carbocycles. The van der Waals surface area contributed by atoms with Crippen LogP contribution in [-0.4, -0.2) is 11.7 Å². The molecular formula is C16H13ClO2. The van der Waals surface area contributed by atoms with Gasteiger partial charge in [-0.3, -0.25) is 0 Å². The number of hydrogen-bond donors (Lipinski definition) is 1. The Bertz CT molecular complexity index is 611. The average molecular weight is 273 g/mol. The zero-order valence-electron chi connectivity index (χ0n) is 10.3. The zero-order valence-corrected chi connectivity index (χ0v) is 11.0. The van der Waals surface area contributed by atoms with E-state index in [1.807, 2.05) is 48.5 Å². The lowest BCUT2D eigenvalue weighted by Gasteiger charge is -2.09. The molecule has 2 aromatic carbocycles. The maximum atomic E-state index is 8.73. The fourth-order valence-electron chi connectivity index (χ4n) is 1.60. The number of para-hydroxylation sites is 1. The molecular weight excluding hydrogens is 260 g/mol. The third kappa shape index (κ3) is 3.75. The van der Waals surface area contributed by atoms with Gasteiger partial charge in [0, 0.05) is 10.6 Å². The Kier molecular flexibility index (Phi) is 4.85. The first-order chi connectivity index (χ1) is 9.31. The summed E-state index contributed by atoms with van der Waals surface area (Å²) in [5, 5.41) is 9.41. The summed E-state index contributed by atoms with van der Waals surface area (Å²) in [6, 6.07) is 15.0. The highest BCUT2D eigenvalue weighted by atomic mass is 35.5. The smallest absolute Gasteiger partial charge is 0.135 e. The van der Waals surface area contributed by atoms with Crippen LogP contribution in [0, 0.1) is 11.8 Å². The van der Waals surface area contributed by atoms with E-state index in [0.29, 0.717) is 17.4 Å². The minimum Gasteiger partial charge on any atom is -0.488 e. The number of hydrogen-bond acceptors (Lipinski definition) is 2. The summed E-state index contributed by atoms with van der Waals surface area (Å²) >= 11 is 6.07. The average Bonchev–Trinajstić information content (AvgIpc) is 2.45. The number of benzene rings is 2. The SMILES string of the molecule is OCC#Cc1ccccc1OCc1ccccc1Cl. The van der Waals surface area contributed by atoms with Gasteiger partial charge in [-0.1, -0.05) is 53.8 Å². The predicted molar refractivity (Wildman–Crippen MR) is 76.2 cm³/mol. The molecule has 0 spiro atoms. The number of ether oxygens (including phenoxy) is 1. The van der Waals surface area contributed by atoms with Gasteiger partial charge in [-0.2, -0.15) is 0 Å². The molecule has 2 aromatic rings. The van der Waals surface area contributed by atoms with Crippen molar-refractivity contribution < 1.29 is 9.84 Å². The molecule has 0 saturated carbocycles. The van der Waals surface area contributed by atoms with E-state index in [9.17, 15) is 0 Å². The topological polar surface area (TPSA) is 29.5 Å². The Labute approximate surface area is 117 Å². The summed E-state index contributed by atoms with van der Waals surface area (Å²) in [7, 11) is 0. The summed E-state index contributed by atoms with van der Waals surface area (Å²) in [5.74, 6) is 6.15. The molecule has 0 radical (unpaired) electrons. The maximum Gasteiger partial charge on any atom is 0.135 e. The molecule has 0 heterocycles. The van der Waals surface area contributed by atoms with Crippen LogP contribution < -0.4 is 4.74 Å². The van der Waals surface area contributed by atoms with E-state index in [-0.39, 0.29) is 6.61 Å². The van der Waals surface area contributed by atoms with Crippen LogP contribution in [0.2, 0.25) is 5.02 Å². The third-order valence-corrected chi connectivity index (χ3v) is 2.90. The van der Waals surface area contributed by atoms with E-state index in [2.05, 4.69) is 11.8 Å². The van der Waals surface area contributed by atoms with Crippen LogP contribution in [0.15, 0.2) is 48.5 Å². The molecule has 0 bridgehead atoms. The molecule has 96 valence electrons. The van der Waals surface area contributed by atoms with Gasteiger partial charge >= 0.3 is 0 Å². The quantitative estimate of drug-likeness (QED) is 0.869. The van der Waals surface area contributed by atoms with Crippen molar-refractivity contribution in [2.45, 2.75) is 6.61 Å². The Morgan fingerprint density at radius 3 is 2.58 bits per heavy atom. The lowest BCUT2D eigenvalue weighted by atomic mass is 10.2. The minimum atomic E-state index is -0.168. The van der Waals surface area contributed by atoms with E-state index in [0.717, 1.165) is 11.1 Å². The summed E-state index contributed by atoms with van der Waals surface area (Å²) in [6.45, 7) is 0.219. The van der Waals surface area contributed by atoms with Gasteiger partial charge < -0.3 is 9.84 Å². The first kappa shape index (κ1) is 13.5. The van der Waals surface area contributed by atoms with Crippen molar-refractivity contribution in [3.63, 3.8) is 0 Å². The molecule has 0 aromatic heterocycles. The Morgan fingerprint density at radius 2 is 1.79 bits per heavy atom. The van der Waals surface area contributed by atoms with Gasteiger partial charge in [-0.25, -0.2) is 0 Å². The van der Waals surface area contributed by atoms with Gasteiger partial charge in [-0.05, 0) is 18.2 Å². The van der Waals surface area contributed by atoms with Crippen molar-refractivity contribution >= 4 is 11.6 Å². The van der Waals surface area contributed by atoms with Gasteiger partial charge in [0.2, 0.25) is 0 Å². The second-order valence-corrected chi connectivity index (χ2v) is 4.24. The highest BCUT2D eigenvalue weighted by Gasteiger charge is 2.03. The van der Waals surface area contributed by atoms with Crippen molar-refractivity contribution in [2.75, 3.05) is 6.61 Å². The lowest BCUT2D eigenvalue weighted by Crippen LogP contribution is -1.97. The van der Waals surface area contributed by atoms with Gasteiger partial charge in [0.15, 0.2) is 0 Å². The lowest BCUT2D eigenvalue weighted by molar-refractivity contribution is 0.305. The molecule has 0 unspecified atom stereocenters. The first-order valence-electron chi connectivity index (χ1n) is 5.86. The third-order valence-electron chi connectivity index (χ3n) is 2.53. The molecule has 0 saturated heterocycles. The van der Waals surface area contributed by atoms with Crippen molar-refractivity contribution in [2.24, 2.45) is 0 Å². The summed E-state index contributed by atoms with van der Waals surface area (Å²) in [5.41, 5.74) is 1.68. The van der Waals surface area contributed by atoms with Crippen LogP contribution >= 0.6 is 11.6 Å². The van der Waals surface area contributed by atoms with Crippen LogP contribution in [-0.2, 0) is 6.61 Å². The van der Waals surface area contributed by atoms with Crippen LogP contribution in [0.1, 0.15) is 11.1 Å². The van der Waals surface area contributed by atoms with E-state index in [4.69, 9.17) is 21.4 Å². The molecule has 0 aliphatic heterocycles. The standard InChI is InChI=1S/C16H13ClO2/c17-15-9-3-1-7-14(15)12-19-16-10-4-2-6-13(16)8-5-11-18/h1-4,6-7,9-10,18H,11-12H2. The molecule has 2 nitrogen and oxygen atoms in total. The summed E-state index contributed by atoms with van der Waals surface area (Å²) in [4.78, 5) is 0. The molecule has 0 amide bonds. The molecule has 1 N–H and O–H groups in total. The first-order valence-corrected chi connectivity index (χ1v) is 6.24. The molecule has 3 heteroatoms. The highest BCUT2D eigenvalue weighted by Crippen LogP contribution is 2.21. The Balaban J connectivity index is 2.14. The number of rotatable bonds is 3. The Hall–Kier alpha value is -1.95. The van der Waals surface area contributed by atoms with Crippen molar-refractivity contribution in [1.29, 1.82) is 0 Å². The van der Waals surface area contributed by atoms with Crippen LogP contribution in [0.25, 0.3) is 0 Å². The fourth-order valence-corrected chi connectivity index (χ4v) is 1.79. The molecule has 0 atom stereocenters. The van der Waals surface area contributed by atoms with Gasteiger partial charge in [0.25, 0.3) is 0 Å². The van der Waals surface area contributed by atoms with Crippen molar-refractivity contribution in [3.8, 4) is 17.6 Å². The minimum absolute atomic E-state index is 0.168. The van der Waals surface area contributed by atoms with Crippen LogP contribution in [0.3, 0.4) is 0 Å². The summed E-state index contributed by atoms with van der Waals surface area (Å²) < 4.78 is 5.73. The molecule has 19 heavy (non-hydrogen) atoms. The molecule has 2 rings (SSSR count). The van der Waals surface area contributed by atoms with Crippen molar-refractivity contribution in [1.82, 2.24) is 0 Å². The van der Waals surface area contributed by atoms with E-state index < -0.39 is 0 Å². The van der Waals surface area contributed by atoms with Crippen LogP contribution in [0.5, 0.6) is 5.75 Å². The van der Waals surface area contributed by atoms with E-state index in [1.165, 1.54) is 0 Å². The van der Waals surface area contributed by atoms with E-state index >= 15 is 0 Å². The maximum absolute atomic E-state index is 8.73.